The number of hydrogen-bond acceptors (Lipinski definition) is 7. The number of hydrogen-bond donors (Lipinski definition) is 1. The molecule has 2 rings (SSSR count). The summed E-state index contributed by atoms with van der Waals surface area (Å²) in [5, 5.41) is 7.65. The van der Waals surface area contributed by atoms with Gasteiger partial charge in [0.25, 0.3) is 12.3 Å². The third-order valence-electron chi connectivity index (χ3n) is 2.49. The second kappa shape index (κ2) is 6.71. The Morgan fingerprint density at radius 2 is 2.25 bits per heavy atom. The van der Waals surface area contributed by atoms with Gasteiger partial charge in [-0.15, -0.1) is 0 Å². The molecule has 0 saturated carbocycles. The van der Waals surface area contributed by atoms with E-state index in [1.807, 2.05) is 6.92 Å². The minimum Gasteiger partial charge on any atom is -0.378 e. The van der Waals surface area contributed by atoms with Gasteiger partial charge in [0, 0.05) is 13.5 Å². The molecule has 0 aliphatic rings. The van der Waals surface area contributed by atoms with E-state index in [1.54, 1.807) is 7.05 Å². The molecule has 0 aliphatic carbocycles. The fourth-order valence-corrected chi connectivity index (χ4v) is 2.32. The van der Waals surface area contributed by atoms with Crippen LogP contribution < -0.4 is 5.32 Å². The highest BCUT2D eigenvalue weighted by molar-refractivity contribution is 7.10. The summed E-state index contributed by atoms with van der Waals surface area (Å²) >= 11 is 1.31. The van der Waals surface area contributed by atoms with Crippen LogP contribution in [0.3, 0.4) is 0 Å². The molecule has 0 bridgehead atoms. The molecule has 0 aliphatic heterocycles. The zero-order chi connectivity index (χ0) is 14.5. The molecule has 110 valence electrons. The van der Waals surface area contributed by atoms with Gasteiger partial charge in [-0.05, 0) is 18.5 Å². The Morgan fingerprint density at radius 3 is 2.95 bits per heavy atom. The van der Waals surface area contributed by atoms with Gasteiger partial charge in [0.2, 0.25) is 0 Å². The molecular formula is C11H14F2N4O2S. The Hall–Kier alpha value is -1.61. The number of anilines is 1. The maximum atomic E-state index is 11.9. The summed E-state index contributed by atoms with van der Waals surface area (Å²) in [4.78, 5) is 4.22. The van der Waals surface area contributed by atoms with E-state index in [-0.39, 0.29) is 6.61 Å². The van der Waals surface area contributed by atoms with Crippen molar-refractivity contribution in [1.82, 2.24) is 14.5 Å². The maximum Gasteiger partial charge on any atom is 0.262 e. The van der Waals surface area contributed by atoms with Crippen LogP contribution in [-0.4, -0.2) is 41.2 Å². The van der Waals surface area contributed by atoms with E-state index < -0.39 is 13.0 Å². The molecule has 0 saturated heterocycles. The van der Waals surface area contributed by atoms with E-state index in [9.17, 15) is 8.78 Å². The average molecular weight is 304 g/mol. The summed E-state index contributed by atoms with van der Waals surface area (Å²) in [6.45, 7) is 1.40. The zero-order valence-corrected chi connectivity index (χ0v) is 11.8. The van der Waals surface area contributed by atoms with Crippen molar-refractivity contribution in [3.63, 3.8) is 0 Å². The van der Waals surface area contributed by atoms with Crippen LogP contribution in [0.15, 0.2) is 4.52 Å². The van der Waals surface area contributed by atoms with Gasteiger partial charge in [0.1, 0.15) is 11.6 Å². The molecule has 2 aromatic heterocycles. The van der Waals surface area contributed by atoms with Crippen molar-refractivity contribution in [1.29, 1.82) is 0 Å². The topological polar surface area (TPSA) is 73.1 Å². The molecule has 6 nitrogen and oxygen atoms in total. The fourth-order valence-electron chi connectivity index (χ4n) is 1.59. The van der Waals surface area contributed by atoms with E-state index in [4.69, 9.17) is 9.26 Å². The molecule has 2 aromatic rings. The van der Waals surface area contributed by atoms with Gasteiger partial charge in [0.15, 0.2) is 5.82 Å². The lowest BCUT2D eigenvalue weighted by Gasteiger charge is -1.99. The Labute approximate surface area is 118 Å². The lowest BCUT2D eigenvalue weighted by Crippen LogP contribution is -2.07. The van der Waals surface area contributed by atoms with E-state index >= 15 is 0 Å². The number of ether oxygens (including phenoxy) is 1. The number of rotatable bonds is 7. The first-order valence-electron chi connectivity index (χ1n) is 5.94. The Morgan fingerprint density at radius 1 is 1.45 bits per heavy atom. The van der Waals surface area contributed by atoms with E-state index in [0.717, 1.165) is 16.3 Å². The third-order valence-corrected chi connectivity index (χ3v) is 3.44. The molecule has 0 atom stereocenters. The highest BCUT2D eigenvalue weighted by Crippen LogP contribution is 2.33. The quantitative estimate of drug-likeness (QED) is 0.792. The summed E-state index contributed by atoms with van der Waals surface area (Å²) in [7, 11) is 1.78. The second-order valence-corrected chi connectivity index (χ2v) is 4.73. The maximum absolute atomic E-state index is 11.9. The summed E-state index contributed by atoms with van der Waals surface area (Å²) in [5.74, 6) is 0.784. The van der Waals surface area contributed by atoms with Crippen molar-refractivity contribution < 1.29 is 18.0 Å². The molecule has 0 radical (unpaired) electrons. The van der Waals surface area contributed by atoms with E-state index in [1.165, 1.54) is 11.5 Å². The standard InChI is InChI=1S/C11H14F2N4O2S/c1-6-9(11(14-2)20-17-6)10-15-8(16-19-10)3-4-18-5-7(12)13/h7,14H,3-5H2,1-2H3. The molecule has 0 aromatic carbocycles. The van der Waals surface area contributed by atoms with Crippen LogP contribution in [-0.2, 0) is 11.2 Å². The van der Waals surface area contributed by atoms with Crippen molar-refractivity contribution in [2.24, 2.45) is 0 Å². The number of aromatic nitrogens is 3. The monoisotopic (exact) mass is 304 g/mol. The van der Waals surface area contributed by atoms with Crippen LogP contribution in [0.4, 0.5) is 13.8 Å². The largest absolute Gasteiger partial charge is 0.378 e. The van der Waals surface area contributed by atoms with Crippen LogP contribution >= 0.6 is 11.5 Å². The highest BCUT2D eigenvalue weighted by atomic mass is 32.1. The van der Waals surface area contributed by atoms with Gasteiger partial charge in [-0.2, -0.15) is 9.36 Å². The first-order chi connectivity index (χ1) is 9.61. The van der Waals surface area contributed by atoms with Crippen molar-refractivity contribution in [2.45, 2.75) is 19.8 Å². The Kier molecular flexibility index (Phi) is 4.96. The molecule has 0 amide bonds. The summed E-state index contributed by atoms with van der Waals surface area (Å²) in [6, 6.07) is 0. The van der Waals surface area contributed by atoms with Crippen LogP contribution in [0, 0.1) is 6.92 Å². The van der Waals surface area contributed by atoms with E-state index in [2.05, 4.69) is 19.8 Å². The number of nitrogens with zero attached hydrogens (tertiary/aromatic N) is 3. The Balaban J connectivity index is 2.00. The van der Waals surface area contributed by atoms with Gasteiger partial charge in [0.05, 0.1) is 17.9 Å². The minimum atomic E-state index is -2.46. The molecule has 0 fully saturated rings. The van der Waals surface area contributed by atoms with Gasteiger partial charge >= 0.3 is 0 Å². The predicted octanol–water partition coefficient (Wildman–Crippen LogP) is 2.37. The number of halogens is 2. The van der Waals surface area contributed by atoms with Crippen molar-refractivity contribution >= 4 is 16.5 Å². The number of aryl methyl sites for hydroxylation is 1. The van der Waals surface area contributed by atoms with Gasteiger partial charge in [-0.25, -0.2) is 8.78 Å². The van der Waals surface area contributed by atoms with Crippen molar-refractivity contribution in [2.75, 3.05) is 25.6 Å². The molecule has 0 unspecified atom stereocenters. The summed E-state index contributed by atoms with van der Waals surface area (Å²) in [5.41, 5.74) is 1.56. The summed E-state index contributed by atoms with van der Waals surface area (Å²) < 4.78 is 37.9. The van der Waals surface area contributed by atoms with E-state index in [0.29, 0.717) is 18.1 Å². The van der Waals surface area contributed by atoms with Gasteiger partial charge in [-0.1, -0.05) is 5.16 Å². The predicted molar refractivity (Wildman–Crippen MR) is 70.2 cm³/mol. The number of nitrogens with one attached hydrogen (secondary N) is 1. The highest BCUT2D eigenvalue weighted by Gasteiger charge is 2.18. The normalized spacial score (nSPS) is 11.2. The lowest BCUT2D eigenvalue weighted by molar-refractivity contribution is 0.0182. The zero-order valence-electron chi connectivity index (χ0n) is 11.0. The molecule has 0 spiro atoms. The van der Waals surface area contributed by atoms with Crippen LogP contribution in [0.5, 0.6) is 0 Å². The smallest absolute Gasteiger partial charge is 0.262 e. The average Bonchev–Trinajstić information content (AvgIpc) is 3.00. The summed E-state index contributed by atoms with van der Waals surface area (Å²) in [6.07, 6.45) is -2.14. The minimum absolute atomic E-state index is 0.128. The van der Waals surface area contributed by atoms with Crippen molar-refractivity contribution in [3.05, 3.63) is 11.5 Å². The molecular weight excluding hydrogens is 290 g/mol. The van der Waals surface area contributed by atoms with Crippen LogP contribution in [0.1, 0.15) is 11.5 Å². The SMILES string of the molecule is CNc1snc(C)c1-c1nc(CCOCC(F)F)no1. The molecule has 9 heteroatoms. The Bertz CT molecular complexity index is 558. The first kappa shape index (κ1) is 14.8. The van der Waals surface area contributed by atoms with Gasteiger partial charge in [-0.3, -0.25) is 0 Å². The third kappa shape index (κ3) is 3.48. The van der Waals surface area contributed by atoms with Gasteiger partial charge < -0.3 is 14.6 Å². The van der Waals surface area contributed by atoms with Crippen LogP contribution in [0.25, 0.3) is 11.5 Å². The van der Waals surface area contributed by atoms with Crippen molar-refractivity contribution in [3.8, 4) is 11.5 Å². The first-order valence-corrected chi connectivity index (χ1v) is 6.72. The molecule has 2 heterocycles. The lowest BCUT2D eigenvalue weighted by atomic mass is 10.2. The second-order valence-electron chi connectivity index (χ2n) is 3.95. The fraction of sp³-hybridized carbons (Fsp3) is 0.545. The number of alkyl halides is 2. The van der Waals surface area contributed by atoms with Crippen LogP contribution in [0.2, 0.25) is 0 Å². The molecule has 1 N–H and O–H groups in total. The molecule has 20 heavy (non-hydrogen) atoms.